The number of nitriles is 1. The Bertz CT molecular complexity index is 345. The van der Waals surface area contributed by atoms with Gasteiger partial charge in [-0.05, 0) is 11.0 Å². The predicted octanol–water partition coefficient (Wildman–Crippen LogP) is 2.70. The molecule has 2 nitrogen and oxygen atoms in total. The van der Waals surface area contributed by atoms with Crippen molar-refractivity contribution in [2.75, 3.05) is 0 Å². The van der Waals surface area contributed by atoms with Gasteiger partial charge in [0, 0.05) is 0 Å². The Balaban J connectivity index is 2.97. The van der Waals surface area contributed by atoms with Crippen LogP contribution >= 0.6 is 0 Å². The molecule has 1 rings (SSSR count). The molecule has 0 spiro atoms. The van der Waals surface area contributed by atoms with Gasteiger partial charge in [-0.2, -0.15) is 5.26 Å². The zero-order valence-corrected chi connectivity index (χ0v) is 9.44. The Morgan fingerprint density at radius 3 is 2.13 bits per heavy atom. The second-order valence-corrected chi connectivity index (χ2v) is 4.83. The van der Waals surface area contributed by atoms with Crippen LogP contribution in [0.4, 0.5) is 0 Å². The first-order chi connectivity index (χ1) is 6.96. The minimum Gasteiger partial charge on any atom is -0.391 e. The van der Waals surface area contributed by atoms with E-state index in [-0.39, 0.29) is 5.41 Å². The van der Waals surface area contributed by atoms with Gasteiger partial charge in [0.1, 0.15) is 0 Å². The van der Waals surface area contributed by atoms with Crippen molar-refractivity contribution in [3.63, 3.8) is 0 Å². The van der Waals surface area contributed by atoms with Crippen molar-refractivity contribution in [3.8, 4) is 6.07 Å². The van der Waals surface area contributed by atoms with E-state index in [1.165, 1.54) is 0 Å². The van der Waals surface area contributed by atoms with Crippen molar-refractivity contribution in [1.82, 2.24) is 0 Å². The minimum atomic E-state index is -0.648. The van der Waals surface area contributed by atoms with Crippen molar-refractivity contribution in [2.45, 2.75) is 32.8 Å². The molecule has 2 atom stereocenters. The Morgan fingerprint density at radius 1 is 1.20 bits per heavy atom. The topological polar surface area (TPSA) is 44.0 Å². The van der Waals surface area contributed by atoms with E-state index in [4.69, 9.17) is 5.26 Å². The van der Waals surface area contributed by atoms with E-state index in [0.29, 0.717) is 0 Å². The zero-order chi connectivity index (χ0) is 11.5. The summed E-state index contributed by atoms with van der Waals surface area (Å²) < 4.78 is 0. The molecule has 0 unspecified atom stereocenters. The van der Waals surface area contributed by atoms with Crippen molar-refractivity contribution in [3.05, 3.63) is 35.9 Å². The van der Waals surface area contributed by atoms with E-state index in [2.05, 4.69) is 6.07 Å². The molecule has 0 amide bonds. The van der Waals surface area contributed by atoms with Crippen molar-refractivity contribution < 1.29 is 5.11 Å². The van der Waals surface area contributed by atoms with E-state index in [1.54, 1.807) is 0 Å². The molecular formula is C13H17NO. The molecule has 1 aromatic carbocycles. The highest BCUT2D eigenvalue weighted by Crippen LogP contribution is 2.31. The number of hydrogen-bond donors (Lipinski definition) is 1. The zero-order valence-electron chi connectivity index (χ0n) is 9.44. The number of hydrogen-bond acceptors (Lipinski definition) is 2. The van der Waals surface area contributed by atoms with Gasteiger partial charge in [0.2, 0.25) is 0 Å². The number of aliphatic hydroxyl groups excluding tert-OH is 1. The molecule has 0 heterocycles. The summed E-state index contributed by atoms with van der Waals surface area (Å²) in [5, 5.41) is 19.2. The second-order valence-electron chi connectivity index (χ2n) is 4.83. The van der Waals surface area contributed by atoms with E-state index >= 15 is 0 Å². The molecule has 0 aliphatic rings. The summed E-state index contributed by atoms with van der Waals surface area (Å²) in [4.78, 5) is 0. The summed E-state index contributed by atoms with van der Waals surface area (Å²) in [7, 11) is 0. The van der Waals surface area contributed by atoms with Gasteiger partial charge in [0.25, 0.3) is 0 Å². The van der Waals surface area contributed by atoms with Gasteiger partial charge in [-0.3, -0.25) is 0 Å². The molecule has 1 aromatic rings. The lowest BCUT2D eigenvalue weighted by Gasteiger charge is -2.29. The maximum atomic E-state index is 10.1. The van der Waals surface area contributed by atoms with Crippen LogP contribution in [-0.2, 0) is 0 Å². The normalized spacial score (nSPS) is 15.4. The van der Waals surface area contributed by atoms with Gasteiger partial charge < -0.3 is 5.11 Å². The molecule has 1 N–H and O–H groups in total. The third kappa shape index (κ3) is 2.81. The van der Waals surface area contributed by atoms with Crippen LogP contribution in [0.3, 0.4) is 0 Å². The average Bonchev–Trinajstić information content (AvgIpc) is 2.19. The highest BCUT2D eigenvalue weighted by molar-refractivity contribution is 5.26. The fourth-order valence-electron chi connectivity index (χ4n) is 1.49. The van der Waals surface area contributed by atoms with E-state index < -0.39 is 12.0 Å². The lowest BCUT2D eigenvalue weighted by atomic mass is 9.79. The van der Waals surface area contributed by atoms with Crippen LogP contribution in [0, 0.1) is 16.7 Å². The summed E-state index contributed by atoms with van der Waals surface area (Å²) in [6.45, 7) is 5.81. The summed E-state index contributed by atoms with van der Waals surface area (Å²) in [5.41, 5.74) is 0.596. The summed E-state index contributed by atoms with van der Waals surface area (Å²) in [6, 6.07) is 11.6. The molecule has 0 aliphatic heterocycles. The van der Waals surface area contributed by atoms with E-state index in [9.17, 15) is 5.11 Å². The fraction of sp³-hybridized carbons (Fsp3) is 0.462. The minimum absolute atomic E-state index is 0.282. The molecule has 0 aliphatic carbocycles. The van der Waals surface area contributed by atoms with Crippen LogP contribution in [-0.4, -0.2) is 11.2 Å². The lowest BCUT2D eigenvalue weighted by Crippen LogP contribution is -2.31. The molecular weight excluding hydrogens is 186 g/mol. The molecule has 0 fully saturated rings. The molecule has 0 radical (unpaired) electrons. The maximum absolute atomic E-state index is 10.1. The van der Waals surface area contributed by atoms with Gasteiger partial charge in [-0.1, -0.05) is 51.1 Å². The Kier molecular flexibility index (Phi) is 3.49. The summed E-state index contributed by atoms with van der Waals surface area (Å²) in [5.74, 6) is -0.453. The molecule has 2 heteroatoms. The van der Waals surface area contributed by atoms with Crippen LogP contribution < -0.4 is 0 Å². The van der Waals surface area contributed by atoms with Crippen LogP contribution in [0.25, 0.3) is 0 Å². The average molecular weight is 203 g/mol. The number of benzene rings is 1. The summed E-state index contributed by atoms with van der Waals surface area (Å²) in [6.07, 6.45) is -0.648. The molecule has 0 bridgehead atoms. The van der Waals surface area contributed by atoms with Crippen molar-refractivity contribution in [2.24, 2.45) is 5.41 Å². The predicted molar refractivity (Wildman–Crippen MR) is 60.3 cm³/mol. The molecule has 0 saturated carbocycles. The maximum Gasteiger partial charge on any atom is 0.0976 e. The van der Waals surface area contributed by atoms with E-state index in [1.807, 2.05) is 51.1 Å². The highest BCUT2D eigenvalue weighted by atomic mass is 16.3. The van der Waals surface area contributed by atoms with Crippen molar-refractivity contribution in [1.29, 1.82) is 5.26 Å². The number of nitrogens with zero attached hydrogens (tertiary/aromatic N) is 1. The van der Waals surface area contributed by atoms with Crippen LogP contribution in [0.1, 0.15) is 32.3 Å². The van der Waals surface area contributed by atoms with Gasteiger partial charge in [0.15, 0.2) is 0 Å². The first-order valence-electron chi connectivity index (χ1n) is 5.09. The Labute approximate surface area is 91.2 Å². The number of aliphatic hydroxyl groups is 1. The van der Waals surface area contributed by atoms with E-state index in [0.717, 1.165) is 5.56 Å². The van der Waals surface area contributed by atoms with Crippen LogP contribution in [0.2, 0.25) is 0 Å². The first-order valence-corrected chi connectivity index (χ1v) is 5.09. The fourth-order valence-corrected chi connectivity index (χ4v) is 1.49. The third-order valence-electron chi connectivity index (χ3n) is 2.50. The summed E-state index contributed by atoms with van der Waals surface area (Å²) >= 11 is 0. The monoisotopic (exact) mass is 203 g/mol. The number of rotatable bonds is 2. The SMILES string of the molecule is CC(C)(C)[C@@H](O)[C@@H](C#N)c1ccccc1. The highest BCUT2D eigenvalue weighted by Gasteiger charge is 2.31. The van der Waals surface area contributed by atoms with Gasteiger partial charge >= 0.3 is 0 Å². The van der Waals surface area contributed by atoms with Crippen LogP contribution in [0.15, 0.2) is 30.3 Å². The lowest BCUT2D eigenvalue weighted by molar-refractivity contribution is 0.0527. The quantitative estimate of drug-likeness (QED) is 0.803. The third-order valence-corrected chi connectivity index (χ3v) is 2.50. The Morgan fingerprint density at radius 2 is 1.73 bits per heavy atom. The van der Waals surface area contributed by atoms with Crippen LogP contribution in [0.5, 0.6) is 0 Å². The smallest absolute Gasteiger partial charge is 0.0976 e. The molecule has 0 saturated heterocycles. The standard InChI is InChI=1S/C13H17NO/c1-13(2,3)12(15)11(9-14)10-7-5-4-6-8-10/h4-8,11-12,15H,1-3H3/t11-,12-/m0/s1. The van der Waals surface area contributed by atoms with Gasteiger partial charge in [0.05, 0.1) is 18.1 Å². The van der Waals surface area contributed by atoms with Gasteiger partial charge in [-0.15, -0.1) is 0 Å². The first kappa shape index (κ1) is 11.7. The molecule has 0 aromatic heterocycles. The second kappa shape index (κ2) is 4.46. The van der Waals surface area contributed by atoms with Gasteiger partial charge in [-0.25, -0.2) is 0 Å². The largest absolute Gasteiger partial charge is 0.391 e. The molecule has 15 heavy (non-hydrogen) atoms. The Hall–Kier alpha value is -1.33. The van der Waals surface area contributed by atoms with Crippen molar-refractivity contribution >= 4 is 0 Å². The molecule has 80 valence electrons.